The zero-order valence-corrected chi connectivity index (χ0v) is 25.8. The van der Waals surface area contributed by atoms with Gasteiger partial charge in [0.15, 0.2) is 5.82 Å². The molecule has 1 aromatic heterocycles. The van der Waals surface area contributed by atoms with Crippen molar-refractivity contribution in [1.82, 2.24) is 9.97 Å². The van der Waals surface area contributed by atoms with Gasteiger partial charge in [-0.05, 0) is 97.9 Å². The number of hydrogen-bond donors (Lipinski definition) is 0. The van der Waals surface area contributed by atoms with Gasteiger partial charge in [0.25, 0.3) is 0 Å². The van der Waals surface area contributed by atoms with Crippen molar-refractivity contribution in [2.75, 3.05) is 0 Å². The highest BCUT2D eigenvalue weighted by Gasteiger charge is 2.25. The fraction of sp³-hybridized carbons (Fsp3) is 0.541. The summed E-state index contributed by atoms with van der Waals surface area (Å²) in [7, 11) is 0. The number of unbranched alkanes of at least 4 members (excludes halogenated alkanes) is 8. The van der Waals surface area contributed by atoms with Crippen molar-refractivity contribution in [3.05, 3.63) is 77.4 Å². The second-order valence-electron chi connectivity index (χ2n) is 12.1. The number of ether oxygens (including phenoxy) is 1. The van der Waals surface area contributed by atoms with Crippen molar-refractivity contribution in [3.63, 3.8) is 0 Å². The van der Waals surface area contributed by atoms with Gasteiger partial charge in [-0.2, -0.15) is 0 Å². The molecule has 2 aromatic carbocycles. The summed E-state index contributed by atoms with van der Waals surface area (Å²) in [5.74, 6) is 1.21. The van der Waals surface area contributed by atoms with Crippen LogP contribution < -0.4 is 4.74 Å². The number of carbonyl (C=O) groups is 1. The van der Waals surface area contributed by atoms with Crippen LogP contribution >= 0.6 is 0 Å². The first-order valence-corrected chi connectivity index (χ1v) is 16.5. The number of aromatic nitrogens is 2. The molecule has 226 valence electrons. The molecule has 42 heavy (non-hydrogen) atoms. The lowest BCUT2D eigenvalue weighted by Gasteiger charge is -2.29. The van der Waals surface area contributed by atoms with Crippen LogP contribution in [0.5, 0.6) is 5.75 Å². The number of benzene rings is 2. The van der Waals surface area contributed by atoms with Crippen LogP contribution in [0.1, 0.15) is 138 Å². The Morgan fingerprint density at radius 1 is 0.810 bits per heavy atom. The molecule has 0 atom stereocenters. The molecule has 0 aliphatic heterocycles. The van der Waals surface area contributed by atoms with Gasteiger partial charge in [0.05, 0.1) is 5.56 Å². The Morgan fingerprint density at radius 3 is 2.12 bits per heavy atom. The molecule has 1 heterocycles. The summed E-state index contributed by atoms with van der Waals surface area (Å²) >= 11 is 0. The van der Waals surface area contributed by atoms with Gasteiger partial charge >= 0.3 is 5.97 Å². The smallest absolute Gasteiger partial charge is 0.343 e. The fourth-order valence-electron chi connectivity index (χ4n) is 6.19. The van der Waals surface area contributed by atoms with E-state index in [1.165, 1.54) is 89.5 Å². The molecule has 0 radical (unpaired) electrons. The van der Waals surface area contributed by atoms with Crippen LogP contribution in [-0.4, -0.2) is 15.9 Å². The van der Waals surface area contributed by atoms with Crippen LogP contribution in [-0.2, 0) is 6.42 Å². The largest absolute Gasteiger partial charge is 0.423 e. The monoisotopic (exact) mass is 572 g/mol. The topological polar surface area (TPSA) is 52.1 Å². The normalized spacial score (nSPS) is 16.8. The Hall–Kier alpha value is -3.08. The number of nitrogens with zero attached hydrogens (tertiary/aromatic N) is 2. The van der Waals surface area contributed by atoms with E-state index in [0.29, 0.717) is 11.6 Å². The number of rotatable bonds is 16. The Labute approximate surface area is 252 Å². The first-order chi connectivity index (χ1) is 20.6. The van der Waals surface area contributed by atoms with Gasteiger partial charge in [0.2, 0.25) is 0 Å². The van der Waals surface area contributed by atoms with E-state index in [2.05, 4.69) is 23.8 Å². The van der Waals surface area contributed by atoms with Crippen LogP contribution in [0, 0.1) is 11.7 Å². The molecule has 0 saturated heterocycles. The fourth-order valence-corrected chi connectivity index (χ4v) is 6.19. The number of esters is 1. The average Bonchev–Trinajstić information content (AvgIpc) is 3.02. The van der Waals surface area contributed by atoms with Crippen LogP contribution in [0.15, 0.2) is 54.9 Å². The average molecular weight is 573 g/mol. The summed E-state index contributed by atoms with van der Waals surface area (Å²) < 4.78 is 20.6. The third kappa shape index (κ3) is 9.74. The molecule has 0 N–H and O–H groups in total. The SMILES string of the molecule is CCCCCCCCCc1cnc(-c2ccc(OC(=O)c3ccc(C4CCC(CCCCC)CC4)c(F)c3)cc2)nc1. The standard InChI is InChI=1S/C37H49FN2O2/c1-3-5-7-8-9-10-12-14-29-26-39-36(40-27-29)31-19-22-33(23-20-31)42-37(41)32-21-24-34(35(38)25-32)30-17-15-28(16-18-30)13-11-6-4-2/h19-28,30H,3-18H2,1-2H3. The van der Waals surface area contributed by atoms with E-state index in [-0.39, 0.29) is 17.3 Å². The number of hydrogen-bond acceptors (Lipinski definition) is 4. The lowest BCUT2D eigenvalue weighted by molar-refractivity contribution is 0.0734. The third-order valence-corrected chi connectivity index (χ3v) is 8.84. The summed E-state index contributed by atoms with van der Waals surface area (Å²) in [4.78, 5) is 21.9. The molecular formula is C37H49FN2O2. The predicted octanol–water partition coefficient (Wildman–Crippen LogP) is 10.6. The molecule has 1 fully saturated rings. The summed E-state index contributed by atoms with van der Waals surface area (Å²) in [6.07, 6.45) is 23.4. The van der Waals surface area contributed by atoms with Crippen molar-refractivity contribution in [3.8, 4) is 17.1 Å². The summed E-state index contributed by atoms with van der Waals surface area (Å²) in [6, 6.07) is 12.0. The molecule has 1 saturated carbocycles. The van der Waals surface area contributed by atoms with Gasteiger partial charge in [-0.3, -0.25) is 0 Å². The maximum atomic E-state index is 15.1. The molecule has 1 aliphatic rings. The number of halogens is 1. The first-order valence-electron chi connectivity index (χ1n) is 16.5. The van der Waals surface area contributed by atoms with Crippen molar-refractivity contribution < 1.29 is 13.9 Å². The third-order valence-electron chi connectivity index (χ3n) is 8.84. The van der Waals surface area contributed by atoms with Gasteiger partial charge in [-0.25, -0.2) is 19.2 Å². The minimum atomic E-state index is -0.557. The Morgan fingerprint density at radius 2 is 1.45 bits per heavy atom. The molecular weight excluding hydrogens is 523 g/mol. The minimum Gasteiger partial charge on any atom is -0.423 e. The van der Waals surface area contributed by atoms with E-state index in [1.807, 2.05) is 24.5 Å². The Bertz CT molecular complexity index is 1220. The van der Waals surface area contributed by atoms with E-state index in [9.17, 15) is 4.79 Å². The highest BCUT2D eigenvalue weighted by atomic mass is 19.1. The van der Waals surface area contributed by atoms with E-state index in [0.717, 1.165) is 41.9 Å². The molecule has 0 bridgehead atoms. The van der Waals surface area contributed by atoms with Gasteiger partial charge < -0.3 is 4.74 Å². The second-order valence-corrected chi connectivity index (χ2v) is 12.1. The zero-order valence-electron chi connectivity index (χ0n) is 25.8. The molecule has 0 amide bonds. The van der Waals surface area contributed by atoms with Crippen LogP contribution in [0.25, 0.3) is 11.4 Å². The number of aryl methyl sites for hydroxylation is 1. The molecule has 4 rings (SSSR count). The van der Waals surface area contributed by atoms with E-state index in [4.69, 9.17) is 4.74 Å². The molecule has 1 aliphatic carbocycles. The Kier molecular flexibility index (Phi) is 13.0. The maximum Gasteiger partial charge on any atom is 0.343 e. The van der Waals surface area contributed by atoms with Crippen molar-refractivity contribution in [2.45, 2.75) is 122 Å². The van der Waals surface area contributed by atoms with Gasteiger partial charge in [0.1, 0.15) is 11.6 Å². The van der Waals surface area contributed by atoms with Crippen molar-refractivity contribution in [2.24, 2.45) is 5.92 Å². The molecule has 0 spiro atoms. The Balaban J connectivity index is 1.24. The highest BCUT2D eigenvalue weighted by Crippen LogP contribution is 2.39. The van der Waals surface area contributed by atoms with Crippen LogP contribution in [0.3, 0.4) is 0 Å². The molecule has 4 nitrogen and oxygen atoms in total. The van der Waals surface area contributed by atoms with Crippen molar-refractivity contribution >= 4 is 5.97 Å². The molecule has 5 heteroatoms. The summed E-state index contributed by atoms with van der Waals surface area (Å²) in [5, 5.41) is 0. The second kappa shape index (κ2) is 17.1. The van der Waals surface area contributed by atoms with E-state index >= 15 is 4.39 Å². The van der Waals surface area contributed by atoms with Crippen LogP contribution in [0.4, 0.5) is 4.39 Å². The summed E-state index contributed by atoms with van der Waals surface area (Å²) in [5.41, 5.74) is 2.98. The van der Waals surface area contributed by atoms with Crippen molar-refractivity contribution in [1.29, 1.82) is 0 Å². The number of carbonyl (C=O) groups excluding carboxylic acids is 1. The van der Waals surface area contributed by atoms with E-state index in [1.54, 1.807) is 24.3 Å². The van der Waals surface area contributed by atoms with Gasteiger partial charge in [-0.1, -0.05) is 84.1 Å². The minimum absolute atomic E-state index is 0.230. The predicted molar refractivity (Wildman–Crippen MR) is 169 cm³/mol. The van der Waals surface area contributed by atoms with E-state index < -0.39 is 5.97 Å². The molecule has 3 aromatic rings. The maximum absolute atomic E-state index is 15.1. The first kappa shape index (κ1) is 31.8. The highest BCUT2D eigenvalue weighted by molar-refractivity contribution is 5.91. The van der Waals surface area contributed by atoms with Gasteiger partial charge in [0, 0.05) is 18.0 Å². The quantitative estimate of drug-likeness (QED) is 0.0973. The van der Waals surface area contributed by atoms with Gasteiger partial charge in [-0.15, -0.1) is 0 Å². The lowest BCUT2D eigenvalue weighted by atomic mass is 9.77. The summed E-state index contributed by atoms with van der Waals surface area (Å²) in [6.45, 7) is 4.48. The zero-order chi connectivity index (χ0) is 29.6. The van der Waals surface area contributed by atoms with Crippen LogP contribution in [0.2, 0.25) is 0 Å². The lowest BCUT2D eigenvalue weighted by Crippen LogP contribution is -2.15. The molecule has 0 unspecified atom stereocenters.